The number of hydrogen-bond donors (Lipinski definition) is 2. The SMILES string of the molecule is O=C(OCc1cc(=O)c(O)co1)[C@H](Cc1ccccc1)NCc1ccc([N+](=O)[O-])cc1. The zero-order valence-corrected chi connectivity index (χ0v) is 16.4. The second kappa shape index (κ2) is 10.2. The predicted molar refractivity (Wildman–Crippen MR) is 110 cm³/mol. The summed E-state index contributed by atoms with van der Waals surface area (Å²) >= 11 is 0. The summed E-state index contributed by atoms with van der Waals surface area (Å²) in [6.45, 7) is 0.0255. The van der Waals surface area contributed by atoms with Crippen molar-refractivity contribution in [3.63, 3.8) is 0 Å². The van der Waals surface area contributed by atoms with Crippen molar-refractivity contribution >= 4 is 11.7 Å². The van der Waals surface area contributed by atoms with E-state index in [1.165, 1.54) is 12.1 Å². The number of rotatable bonds is 9. The first-order valence-corrected chi connectivity index (χ1v) is 9.40. The second-order valence-corrected chi connectivity index (χ2v) is 6.75. The number of non-ortho nitro benzene ring substituents is 1. The van der Waals surface area contributed by atoms with Gasteiger partial charge in [0.25, 0.3) is 5.69 Å². The lowest BCUT2D eigenvalue weighted by Gasteiger charge is -2.18. The summed E-state index contributed by atoms with van der Waals surface area (Å²) in [6, 6.07) is 15.7. The molecule has 9 nitrogen and oxygen atoms in total. The van der Waals surface area contributed by atoms with Crippen molar-refractivity contribution in [2.24, 2.45) is 0 Å². The van der Waals surface area contributed by atoms with Gasteiger partial charge in [0.05, 0.1) is 4.92 Å². The quantitative estimate of drug-likeness (QED) is 0.304. The summed E-state index contributed by atoms with van der Waals surface area (Å²) in [4.78, 5) is 34.5. The largest absolute Gasteiger partial charge is 0.502 e. The van der Waals surface area contributed by atoms with Crippen LogP contribution in [0, 0.1) is 10.1 Å². The van der Waals surface area contributed by atoms with E-state index in [1.54, 1.807) is 12.1 Å². The van der Waals surface area contributed by atoms with Crippen LogP contribution in [-0.2, 0) is 29.1 Å². The zero-order chi connectivity index (χ0) is 22.2. The topological polar surface area (TPSA) is 132 Å². The van der Waals surface area contributed by atoms with Crippen molar-refractivity contribution in [2.75, 3.05) is 0 Å². The summed E-state index contributed by atoms with van der Waals surface area (Å²) in [7, 11) is 0. The number of hydrogen-bond acceptors (Lipinski definition) is 8. The predicted octanol–water partition coefficient (Wildman–Crippen LogP) is 2.70. The van der Waals surface area contributed by atoms with E-state index in [-0.39, 0.29) is 18.1 Å². The highest BCUT2D eigenvalue weighted by Gasteiger charge is 2.21. The van der Waals surface area contributed by atoms with E-state index in [2.05, 4.69) is 5.32 Å². The number of aromatic hydroxyl groups is 1. The normalized spacial score (nSPS) is 11.6. The molecular formula is C22H20N2O7. The number of esters is 1. The number of carbonyl (C=O) groups is 1. The molecule has 1 atom stereocenters. The van der Waals surface area contributed by atoms with Gasteiger partial charge in [-0.15, -0.1) is 0 Å². The van der Waals surface area contributed by atoms with Gasteiger partial charge in [-0.1, -0.05) is 42.5 Å². The van der Waals surface area contributed by atoms with Gasteiger partial charge in [0.1, 0.15) is 24.7 Å². The van der Waals surface area contributed by atoms with Crippen molar-refractivity contribution in [1.82, 2.24) is 5.32 Å². The lowest BCUT2D eigenvalue weighted by molar-refractivity contribution is -0.384. The highest BCUT2D eigenvalue weighted by Crippen LogP contribution is 2.13. The van der Waals surface area contributed by atoms with Crippen molar-refractivity contribution in [3.05, 3.63) is 104 Å². The summed E-state index contributed by atoms with van der Waals surface area (Å²) in [5, 5.41) is 23.1. The summed E-state index contributed by atoms with van der Waals surface area (Å²) < 4.78 is 10.3. The van der Waals surface area contributed by atoms with Gasteiger partial charge < -0.3 is 19.6 Å². The van der Waals surface area contributed by atoms with Gasteiger partial charge in [0.2, 0.25) is 5.43 Å². The van der Waals surface area contributed by atoms with Crippen LogP contribution in [0.15, 0.2) is 76.1 Å². The van der Waals surface area contributed by atoms with Crippen LogP contribution in [0.25, 0.3) is 0 Å². The Labute approximate surface area is 177 Å². The number of nitrogens with one attached hydrogen (secondary N) is 1. The molecule has 31 heavy (non-hydrogen) atoms. The van der Waals surface area contributed by atoms with Gasteiger partial charge in [-0.05, 0) is 17.5 Å². The van der Waals surface area contributed by atoms with E-state index in [0.717, 1.165) is 23.5 Å². The Morgan fingerprint density at radius 3 is 2.48 bits per heavy atom. The van der Waals surface area contributed by atoms with Crippen molar-refractivity contribution in [1.29, 1.82) is 0 Å². The standard InChI is InChI=1S/C22H20N2O7/c25-20-11-18(30-14-21(20)26)13-31-22(27)19(10-15-4-2-1-3-5-15)23-12-16-6-8-17(9-7-16)24(28)29/h1-9,11,14,19,23,26H,10,12-13H2/t19-/m0/s1. The summed E-state index contributed by atoms with van der Waals surface area (Å²) in [5.74, 6) is -0.978. The molecule has 0 aliphatic heterocycles. The number of nitro groups is 1. The first-order chi connectivity index (χ1) is 14.9. The highest BCUT2D eigenvalue weighted by atomic mass is 16.6. The van der Waals surface area contributed by atoms with E-state index in [0.29, 0.717) is 13.0 Å². The molecule has 0 saturated heterocycles. The molecule has 0 fully saturated rings. The third-order valence-corrected chi connectivity index (χ3v) is 4.49. The fraction of sp³-hybridized carbons (Fsp3) is 0.182. The molecule has 0 spiro atoms. The van der Waals surface area contributed by atoms with E-state index >= 15 is 0 Å². The maximum atomic E-state index is 12.7. The van der Waals surface area contributed by atoms with Gasteiger partial charge in [0, 0.05) is 24.7 Å². The Morgan fingerprint density at radius 2 is 1.84 bits per heavy atom. The molecule has 0 aliphatic rings. The van der Waals surface area contributed by atoms with Crippen LogP contribution in [0.5, 0.6) is 5.75 Å². The fourth-order valence-electron chi connectivity index (χ4n) is 2.83. The average Bonchev–Trinajstić information content (AvgIpc) is 2.78. The van der Waals surface area contributed by atoms with Crippen molar-refractivity contribution in [3.8, 4) is 5.75 Å². The highest BCUT2D eigenvalue weighted by molar-refractivity contribution is 5.76. The number of benzene rings is 2. The molecule has 2 N–H and O–H groups in total. The van der Waals surface area contributed by atoms with Crippen LogP contribution < -0.4 is 10.7 Å². The van der Waals surface area contributed by atoms with E-state index in [1.807, 2.05) is 30.3 Å². The van der Waals surface area contributed by atoms with Crippen molar-refractivity contribution < 1.29 is 24.0 Å². The molecule has 0 saturated carbocycles. The Balaban J connectivity index is 1.67. The lowest BCUT2D eigenvalue weighted by atomic mass is 10.1. The van der Waals surface area contributed by atoms with Crippen LogP contribution in [0.1, 0.15) is 16.9 Å². The Kier molecular flexibility index (Phi) is 7.13. The molecule has 1 aromatic heterocycles. The molecule has 3 rings (SSSR count). The van der Waals surface area contributed by atoms with Crippen molar-refractivity contribution in [2.45, 2.75) is 25.6 Å². The molecule has 0 amide bonds. The maximum absolute atomic E-state index is 12.7. The molecule has 0 radical (unpaired) electrons. The first kappa shape index (κ1) is 21.7. The smallest absolute Gasteiger partial charge is 0.323 e. The molecule has 160 valence electrons. The van der Waals surface area contributed by atoms with Gasteiger partial charge in [-0.25, -0.2) is 0 Å². The molecular weight excluding hydrogens is 404 g/mol. The van der Waals surface area contributed by atoms with E-state index in [4.69, 9.17) is 9.15 Å². The van der Waals surface area contributed by atoms with Crippen LogP contribution in [0.2, 0.25) is 0 Å². The zero-order valence-electron chi connectivity index (χ0n) is 16.4. The van der Waals surface area contributed by atoms with Gasteiger partial charge in [-0.2, -0.15) is 0 Å². The first-order valence-electron chi connectivity index (χ1n) is 9.40. The van der Waals surface area contributed by atoms with Gasteiger partial charge >= 0.3 is 5.97 Å². The summed E-state index contributed by atoms with van der Waals surface area (Å²) in [6.07, 6.45) is 1.24. The minimum Gasteiger partial charge on any atom is -0.502 e. The van der Waals surface area contributed by atoms with Crippen LogP contribution in [0.3, 0.4) is 0 Å². The Bertz CT molecular complexity index is 1090. The number of carbonyl (C=O) groups excluding carboxylic acids is 1. The van der Waals surface area contributed by atoms with Gasteiger partial charge in [0.15, 0.2) is 5.75 Å². The minimum atomic E-state index is -0.707. The molecule has 0 unspecified atom stereocenters. The van der Waals surface area contributed by atoms with Crippen LogP contribution in [-0.4, -0.2) is 22.0 Å². The van der Waals surface area contributed by atoms with Crippen LogP contribution >= 0.6 is 0 Å². The minimum absolute atomic E-state index is 0.0145. The summed E-state index contributed by atoms with van der Waals surface area (Å²) in [5.41, 5.74) is 1.03. The molecule has 3 aromatic rings. The Hall–Kier alpha value is -3.98. The Morgan fingerprint density at radius 1 is 1.13 bits per heavy atom. The number of ether oxygens (including phenoxy) is 1. The monoisotopic (exact) mass is 424 g/mol. The molecule has 2 aromatic carbocycles. The third kappa shape index (κ3) is 6.25. The average molecular weight is 424 g/mol. The molecule has 0 aliphatic carbocycles. The molecule has 9 heteroatoms. The van der Waals surface area contributed by atoms with Gasteiger partial charge in [-0.3, -0.25) is 19.7 Å². The third-order valence-electron chi connectivity index (χ3n) is 4.49. The van der Waals surface area contributed by atoms with Crippen LogP contribution in [0.4, 0.5) is 5.69 Å². The fourth-order valence-corrected chi connectivity index (χ4v) is 2.83. The van der Waals surface area contributed by atoms with E-state index < -0.39 is 28.1 Å². The number of nitro benzene ring substituents is 1. The van der Waals surface area contributed by atoms with E-state index in [9.17, 15) is 24.8 Å². The molecule has 0 bridgehead atoms. The molecule has 1 heterocycles. The second-order valence-electron chi connectivity index (χ2n) is 6.75. The maximum Gasteiger partial charge on any atom is 0.323 e. The lowest BCUT2D eigenvalue weighted by Crippen LogP contribution is -2.39. The number of nitrogens with zero attached hydrogens (tertiary/aromatic N) is 1.